The van der Waals surface area contributed by atoms with Crippen molar-refractivity contribution in [2.45, 2.75) is 58.3 Å². The molecule has 0 spiro atoms. The predicted molar refractivity (Wildman–Crippen MR) is 166 cm³/mol. The number of allylic oxidation sites excluding steroid dienone is 4. The quantitative estimate of drug-likeness (QED) is 0.252. The molecule has 0 N–H and O–H groups in total. The average Bonchev–Trinajstić information content (AvgIpc) is 3.45. The van der Waals surface area contributed by atoms with Gasteiger partial charge in [0.1, 0.15) is 0 Å². The molecule has 0 unspecified atom stereocenters. The summed E-state index contributed by atoms with van der Waals surface area (Å²) >= 11 is 0. The third-order valence-corrected chi connectivity index (χ3v) is 8.82. The van der Waals surface area contributed by atoms with Gasteiger partial charge in [-0.1, -0.05) is 113 Å². The van der Waals surface area contributed by atoms with E-state index in [0.717, 1.165) is 58.7 Å². The van der Waals surface area contributed by atoms with Gasteiger partial charge in [0, 0.05) is 34.5 Å². The molecule has 1 aliphatic carbocycles. The highest BCUT2D eigenvalue weighted by Gasteiger charge is 2.49. The Balaban J connectivity index is 1.68. The number of hydrogen-bond acceptors (Lipinski definition) is 3. The van der Waals surface area contributed by atoms with Gasteiger partial charge in [-0.2, -0.15) is 0 Å². The lowest BCUT2D eigenvalue weighted by Gasteiger charge is -2.29. The number of unbranched alkanes of at least 4 members (excludes halogenated alkanes) is 1. The Hall–Kier alpha value is -4.29. The normalized spacial score (nSPS) is 21.6. The van der Waals surface area contributed by atoms with E-state index in [9.17, 15) is 0 Å². The summed E-state index contributed by atoms with van der Waals surface area (Å²) in [6.45, 7) is 15.8. The number of Topliss-reactive ketones (excluding diaryl/α,β-unsaturated/α-hetero) is 1. The lowest BCUT2D eigenvalue weighted by Crippen LogP contribution is -2.30. The Morgan fingerprint density at radius 2 is 1.30 bits per heavy atom. The molecule has 2 heterocycles. The van der Waals surface area contributed by atoms with Crippen LogP contribution in [-0.4, -0.2) is 12.3 Å². The lowest BCUT2D eigenvalue weighted by molar-refractivity contribution is -0.108. The molecular formula is C37H36N2O. The van der Waals surface area contributed by atoms with Crippen molar-refractivity contribution in [3.05, 3.63) is 131 Å². The molecule has 3 nitrogen and oxygen atoms in total. The molecule has 3 aliphatic rings. The van der Waals surface area contributed by atoms with Crippen LogP contribution in [0.2, 0.25) is 0 Å². The topological polar surface area (TPSA) is 23.6 Å². The maximum atomic E-state index is 15.0. The number of para-hydroxylation sites is 2. The van der Waals surface area contributed by atoms with Gasteiger partial charge in [-0.25, -0.2) is 0 Å². The second kappa shape index (κ2) is 9.42. The van der Waals surface area contributed by atoms with Gasteiger partial charge >= 0.3 is 0 Å². The summed E-state index contributed by atoms with van der Waals surface area (Å²) in [4.78, 5) is 19.6. The summed E-state index contributed by atoms with van der Waals surface area (Å²) in [6.07, 6.45) is 4.01. The summed E-state index contributed by atoms with van der Waals surface area (Å²) in [7, 11) is 0. The van der Waals surface area contributed by atoms with Crippen molar-refractivity contribution in [2.24, 2.45) is 0 Å². The second-order valence-corrected chi connectivity index (χ2v) is 11.9. The van der Waals surface area contributed by atoms with Crippen molar-refractivity contribution in [3.63, 3.8) is 0 Å². The van der Waals surface area contributed by atoms with Crippen LogP contribution in [-0.2, 0) is 15.6 Å². The maximum absolute atomic E-state index is 15.0. The van der Waals surface area contributed by atoms with Gasteiger partial charge in [0.05, 0.1) is 23.0 Å². The Bertz CT molecular complexity index is 1700. The van der Waals surface area contributed by atoms with E-state index in [1.54, 1.807) is 0 Å². The highest BCUT2D eigenvalue weighted by molar-refractivity contribution is 6.49. The minimum absolute atomic E-state index is 0.0930. The Kier molecular flexibility index (Phi) is 6.11. The van der Waals surface area contributed by atoms with Gasteiger partial charge in [-0.3, -0.25) is 4.79 Å². The van der Waals surface area contributed by atoms with Gasteiger partial charge in [-0.15, -0.1) is 0 Å². The molecule has 0 saturated carbocycles. The number of carbonyl (C=O) groups excluding carboxylic acids is 1. The van der Waals surface area contributed by atoms with Crippen molar-refractivity contribution in [2.75, 3.05) is 16.3 Å². The number of ketones is 1. The number of hydrogen-bond donors (Lipinski definition) is 0. The summed E-state index contributed by atoms with van der Waals surface area (Å²) in [5, 5.41) is 0. The van der Waals surface area contributed by atoms with Crippen LogP contribution in [0.25, 0.3) is 11.1 Å². The van der Waals surface area contributed by atoms with Crippen LogP contribution in [0.15, 0.2) is 108 Å². The van der Waals surface area contributed by atoms with Gasteiger partial charge in [0.2, 0.25) is 0 Å². The number of anilines is 2. The van der Waals surface area contributed by atoms with E-state index in [2.05, 4.69) is 123 Å². The molecule has 3 aromatic carbocycles. The van der Waals surface area contributed by atoms with Crippen LogP contribution < -0.4 is 9.80 Å². The molecule has 40 heavy (non-hydrogen) atoms. The summed E-state index contributed by atoms with van der Waals surface area (Å²) in [5.41, 5.74) is 15.5. The zero-order valence-electron chi connectivity index (χ0n) is 24.1. The van der Waals surface area contributed by atoms with E-state index in [1.165, 1.54) is 16.8 Å². The first-order valence-electron chi connectivity index (χ1n) is 14.3. The number of carbonyl (C=O) groups is 1. The average molecular weight is 525 g/mol. The SMILES string of the molecule is C=C=C=CN1/C(=C2/C(=O)/C(=C3/N(CCCC)c4ccccc4C3(C)C)c3ccccc32)C(C)(C)c2ccccc21. The molecule has 0 radical (unpaired) electrons. The number of fused-ring (bicyclic) bond motifs is 3. The first kappa shape index (κ1) is 26.0. The molecule has 6 rings (SSSR count). The molecule has 0 bridgehead atoms. The third kappa shape index (κ3) is 3.56. The van der Waals surface area contributed by atoms with Gasteiger partial charge in [0.25, 0.3) is 0 Å². The minimum atomic E-state index is -0.399. The molecule has 3 heteroatoms. The molecule has 0 amide bonds. The molecule has 0 fully saturated rings. The van der Waals surface area contributed by atoms with Crippen LogP contribution >= 0.6 is 0 Å². The smallest absolute Gasteiger partial charge is 0.197 e. The fraction of sp³-hybridized carbons (Fsp3) is 0.270. The number of nitrogens with zero attached hydrogens (tertiary/aromatic N) is 2. The van der Waals surface area contributed by atoms with E-state index in [1.807, 2.05) is 18.3 Å². The van der Waals surface area contributed by atoms with Crippen molar-refractivity contribution in [3.8, 4) is 0 Å². The van der Waals surface area contributed by atoms with Crippen LogP contribution in [0.1, 0.15) is 69.7 Å². The Morgan fingerprint density at radius 3 is 1.93 bits per heavy atom. The summed E-state index contributed by atoms with van der Waals surface area (Å²) in [5.74, 6) is 0.0930. The largest absolute Gasteiger partial charge is 0.343 e. The second-order valence-electron chi connectivity index (χ2n) is 11.9. The molecule has 0 atom stereocenters. The van der Waals surface area contributed by atoms with Gasteiger partial charge < -0.3 is 9.80 Å². The molecule has 0 aromatic heterocycles. The van der Waals surface area contributed by atoms with Crippen molar-refractivity contribution in [1.82, 2.24) is 0 Å². The van der Waals surface area contributed by atoms with E-state index < -0.39 is 5.41 Å². The van der Waals surface area contributed by atoms with E-state index in [4.69, 9.17) is 0 Å². The zero-order valence-corrected chi connectivity index (χ0v) is 24.1. The highest BCUT2D eigenvalue weighted by atomic mass is 16.1. The van der Waals surface area contributed by atoms with E-state index >= 15 is 4.79 Å². The first-order valence-corrected chi connectivity index (χ1v) is 14.3. The molecular weight excluding hydrogens is 488 g/mol. The Morgan fingerprint density at radius 1 is 0.775 bits per heavy atom. The number of benzene rings is 3. The van der Waals surface area contributed by atoms with E-state index in [0.29, 0.717) is 0 Å². The zero-order chi connectivity index (χ0) is 28.2. The van der Waals surface area contributed by atoms with Crippen LogP contribution in [0.3, 0.4) is 0 Å². The molecule has 3 aromatic rings. The molecule has 2 aliphatic heterocycles. The maximum Gasteiger partial charge on any atom is 0.197 e. The number of rotatable bonds is 4. The lowest BCUT2D eigenvalue weighted by atomic mass is 9.80. The fourth-order valence-corrected chi connectivity index (χ4v) is 7.02. The van der Waals surface area contributed by atoms with E-state index in [-0.39, 0.29) is 11.2 Å². The van der Waals surface area contributed by atoms with Crippen molar-refractivity contribution in [1.29, 1.82) is 0 Å². The summed E-state index contributed by atoms with van der Waals surface area (Å²) in [6, 6.07) is 25.4. The van der Waals surface area contributed by atoms with Crippen molar-refractivity contribution >= 4 is 28.3 Å². The predicted octanol–water partition coefficient (Wildman–Crippen LogP) is 8.54. The monoisotopic (exact) mass is 524 g/mol. The Labute approximate surface area is 238 Å². The third-order valence-electron chi connectivity index (χ3n) is 8.82. The van der Waals surface area contributed by atoms with Crippen LogP contribution in [0, 0.1) is 0 Å². The van der Waals surface area contributed by atoms with Crippen LogP contribution in [0.5, 0.6) is 0 Å². The molecule has 0 saturated heterocycles. The first-order chi connectivity index (χ1) is 19.2. The van der Waals surface area contributed by atoms with Gasteiger partial charge in [0.15, 0.2) is 5.78 Å². The van der Waals surface area contributed by atoms with Crippen LogP contribution in [0.4, 0.5) is 11.4 Å². The standard InChI is InChI=1S/C37H36N2O/c1-7-9-23-38-29-21-15-13-19-27(29)36(3,4)34(38)31-25-17-11-12-18-26(25)32(33(31)40)35-37(5,6)28-20-14-16-22-30(28)39(35)24-10-8-2/h11-23H,1,8,10,24H2,2-6H3/b34-31+,35-32+. The van der Waals surface area contributed by atoms with Crippen molar-refractivity contribution < 1.29 is 4.79 Å². The molecule has 200 valence electrons. The fourth-order valence-electron chi connectivity index (χ4n) is 7.02. The minimum Gasteiger partial charge on any atom is -0.343 e. The highest BCUT2D eigenvalue weighted by Crippen LogP contribution is 2.57. The summed E-state index contributed by atoms with van der Waals surface area (Å²) < 4.78 is 0. The van der Waals surface area contributed by atoms with Gasteiger partial charge in [-0.05, 0) is 47.4 Å².